The van der Waals surface area contributed by atoms with Crippen molar-refractivity contribution >= 4 is 11.6 Å². The molecule has 4 aliphatic carbocycles. The first-order chi connectivity index (χ1) is 13.6. The molecule has 0 radical (unpaired) electrons. The molecule has 0 amide bonds. The molecule has 0 spiro atoms. The van der Waals surface area contributed by atoms with Crippen molar-refractivity contribution in [2.45, 2.75) is 63.0 Å². The highest BCUT2D eigenvalue weighted by atomic mass is 19.1. The minimum atomic E-state index is -1.96. The van der Waals surface area contributed by atoms with E-state index in [-0.39, 0.29) is 24.9 Å². The van der Waals surface area contributed by atoms with E-state index in [0.717, 1.165) is 5.57 Å². The number of carbonyl (C=O) groups excluding carboxylic acids is 2. The summed E-state index contributed by atoms with van der Waals surface area (Å²) < 4.78 is 28.6. The third kappa shape index (κ3) is 2.00. The highest BCUT2D eigenvalue weighted by Gasteiger charge is 2.78. The van der Waals surface area contributed by atoms with Crippen LogP contribution >= 0.6 is 0 Å². The molecule has 5 aliphatic rings. The summed E-state index contributed by atoms with van der Waals surface area (Å²) in [6, 6.07) is 0. The normalized spacial score (nSPS) is 53.0. The summed E-state index contributed by atoms with van der Waals surface area (Å²) in [5, 5.41) is 20.9. The second-order valence-corrected chi connectivity index (χ2v) is 9.73. The Morgan fingerprint density at radius 2 is 2.10 bits per heavy atom. The minimum Gasteiger partial charge on any atom is -0.390 e. The van der Waals surface area contributed by atoms with Crippen LogP contribution in [0.4, 0.5) is 4.39 Å². The van der Waals surface area contributed by atoms with Crippen molar-refractivity contribution in [3.63, 3.8) is 0 Å². The first-order valence-corrected chi connectivity index (χ1v) is 10.4. The SMILES string of the molecule is C[C@]12C=CC(=O)C=C1CC[C@H]1[C@@H]3C[C@@H]4OCO[C@@]4(C(=O)CO)[C@@]3(C)C[C@H](O)[C@@]12F. The molecule has 1 aliphatic heterocycles. The lowest BCUT2D eigenvalue weighted by Crippen LogP contribution is -2.69. The Balaban J connectivity index is 1.63. The van der Waals surface area contributed by atoms with Gasteiger partial charge in [0.1, 0.15) is 13.4 Å². The zero-order valence-corrected chi connectivity index (χ0v) is 16.7. The van der Waals surface area contributed by atoms with Crippen molar-refractivity contribution in [2.75, 3.05) is 13.4 Å². The van der Waals surface area contributed by atoms with Gasteiger partial charge in [-0.2, -0.15) is 0 Å². The Kier molecular flexibility index (Phi) is 3.94. The maximum absolute atomic E-state index is 17.0. The van der Waals surface area contributed by atoms with E-state index in [4.69, 9.17) is 9.47 Å². The number of Topliss-reactive ketones (excluding diaryl/α,β-unsaturated/α-hetero) is 1. The Labute approximate surface area is 168 Å². The van der Waals surface area contributed by atoms with Gasteiger partial charge < -0.3 is 19.7 Å². The van der Waals surface area contributed by atoms with Crippen LogP contribution in [0.25, 0.3) is 0 Å². The predicted molar refractivity (Wildman–Crippen MR) is 99.4 cm³/mol. The first-order valence-electron chi connectivity index (χ1n) is 10.4. The number of carbonyl (C=O) groups is 2. The molecule has 7 heteroatoms. The van der Waals surface area contributed by atoms with Gasteiger partial charge in [0, 0.05) is 16.7 Å². The third-order valence-electron chi connectivity index (χ3n) is 8.91. The molecule has 0 aromatic carbocycles. The quantitative estimate of drug-likeness (QED) is 0.724. The molecule has 158 valence electrons. The van der Waals surface area contributed by atoms with Crippen LogP contribution in [-0.2, 0) is 19.1 Å². The van der Waals surface area contributed by atoms with E-state index in [1.54, 1.807) is 13.0 Å². The van der Waals surface area contributed by atoms with E-state index in [9.17, 15) is 19.8 Å². The number of fused-ring (bicyclic) bond motifs is 7. The fourth-order valence-electron chi connectivity index (χ4n) is 7.53. The van der Waals surface area contributed by atoms with Gasteiger partial charge in [-0.05, 0) is 50.7 Å². The van der Waals surface area contributed by atoms with Crippen LogP contribution in [0.3, 0.4) is 0 Å². The van der Waals surface area contributed by atoms with Gasteiger partial charge in [0.15, 0.2) is 22.8 Å². The number of hydrogen-bond acceptors (Lipinski definition) is 6. The molecule has 0 unspecified atom stereocenters. The summed E-state index contributed by atoms with van der Waals surface area (Å²) in [6.45, 7) is 2.91. The summed E-state index contributed by atoms with van der Waals surface area (Å²) in [6.07, 6.45) is 4.13. The smallest absolute Gasteiger partial charge is 0.193 e. The van der Waals surface area contributed by atoms with Crippen LogP contribution < -0.4 is 0 Å². The number of aliphatic hydroxyl groups excluding tert-OH is 2. The lowest BCUT2D eigenvalue weighted by Gasteiger charge is -2.62. The van der Waals surface area contributed by atoms with Crippen LogP contribution in [-0.4, -0.2) is 58.7 Å². The molecule has 2 N–H and O–H groups in total. The van der Waals surface area contributed by atoms with E-state index < -0.39 is 52.6 Å². The Morgan fingerprint density at radius 1 is 1.34 bits per heavy atom. The minimum absolute atomic E-state index is 0.0287. The molecule has 5 rings (SSSR count). The fourth-order valence-corrected chi connectivity index (χ4v) is 7.53. The van der Waals surface area contributed by atoms with Gasteiger partial charge in [-0.15, -0.1) is 0 Å². The van der Waals surface area contributed by atoms with E-state index in [0.29, 0.717) is 19.3 Å². The fraction of sp³-hybridized carbons (Fsp3) is 0.727. The molecule has 4 fully saturated rings. The van der Waals surface area contributed by atoms with E-state index in [2.05, 4.69) is 0 Å². The first kappa shape index (κ1) is 19.5. The van der Waals surface area contributed by atoms with E-state index in [1.807, 2.05) is 6.92 Å². The number of hydrogen-bond donors (Lipinski definition) is 2. The molecule has 0 aromatic heterocycles. The monoisotopic (exact) mass is 406 g/mol. The number of alkyl halides is 1. The largest absolute Gasteiger partial charge is 0.390 e. The van der Waals surface area contributed by atoms with Crippen molar-refractivity contribution in [2.24, 2.45) is 22.7 Å². The van der Waals surface area contributed by atoms with Crippen LogP contribution in [0.1, 0.15) is 39.5 Å². The van der Waals surface area contributed by atoms with Crippen molar-refractivity contribution in [1.29, 1.82) is 0 Å². The van der Waals surface area contributed by atoms with Crippen molar-refractivity contribution in [3.8, 4) is 0 Å². The van der Waals surface area contributed by atoms with Gasteiger partial charge >= 0.3 is 0 Å². The summed E-state index contributed by atoms with van der Waals surface area (Å²) in [5.41, 5.74) is -4.51. The Bertz CT molecular complexity index is 852. The second-order valence-electron chi connectivity index (χ2n) is 9.73. The van der Waals surface area contributed by atoms with Gasteiger partial charge in [0.05, 0.1) is 12.2 Å². The van der Waals surface area contributed by atoms with Crippen LogP contribution in [0.2, 0.25) is 0 Å². The summed E-state index contributed by atoms with van der Waals surface area (Å²) >= 11 is 0. The van der Waals surface area contributed by atoms with Crippen LogP contribution in [0.15, 0.2) is 23.8 Å². The molecule has 3 saturated carbocycles. The van der Waals surface area contributed by atoms with E-state index >= 15 is 4.39 Å². The topological polar surface area (TPSA) is 93.1 Å². The van der Waals surface area contributed by atoms with Crippen LogP contribution in [0, 0.1) is 22.7 Å². The lowest BCUT2D eigenvalue weighted by molar-refractivity contribution is -0.222. The zero-order valence-electron chi connectivity index (χ0n) is 16.7. The maximum atomic E-state index is 17.0. The number of ketones is 2. The molecule has 0 aromatic rings. The molecular weight excluding hydrogens is 379 g/mol. The third-order valence-corrected chi connectivity index (χ3v) is 8.91. The standard InChI is InChI=1S/C22H27FO6/c1-19-6-5-13(25)7-12(19)3-4-14-15-8-18-22(17(27)10-24,29-11-28-18)20(15,2)9-16(26)21(14,19)23/h5-7,14-16,18,24,26H,3-4,8-11H2,1-2H3/t14-,15-,16-,18-,19-,20-,21-,22+/m0/s1. The lowest BCUT2D eigenvalue weighted by atomic mass is 9.44. The van der Waals surface area contributed by atoms with Gasteiger partial charge in [-0.1, -0.05) is 18.6 Å². The predicted octanol–water partition coefficient (Wildman–Crippen LogP) is 1.64. The average Bonchev–Trinajstić information content (AvgIpc) is 3.20. The van der Waals surface area contributed by atoms with Crippen molar-refractivity contribution in [1.82, 2.24) is 0 Å². The molecule has 29 heavy (non-hydrogen) atoms. The molecule has 6 nitrogen and oxygen atoms in total. The number of halogens is 1. The van der Waals surface area contributed by atoms with Crippen molar-refractivity contribution in [3.05, 3.63) is 23.8 Å². The van der Waals surface area contributed by atoms with Gasteiger partial charge in [0.2, 0.25) is 0 Å². The highest BCUT2D eigenvalue weighted by molar-refractivity contribution is 6.01. The second kappa shape index (κ2) is 5.84. The van der Waals surface area contributed by atoms with Gasteiger partial charge in [0.25, 0.3) is 0 Å². The molecule has 0 bridgehead atoms. The molecule has 1 saturated heterocycles. The average molecular weight is 406 g/mol. The molecule has 8 atom stereocenters. The Morgan fingerprint density at radius 3 is 2.83 bits per heavy atom. The highest BCUT2D eigenvalue weighted by Crippen LogP contribution is 2.71. The number of rotatable bonds is 2. The summed E-state index contributed by atoms with van der Waals surface area (Å²) in [7, 11) is 0. The molecular formula is C22H27FO6. The van der Waals surface area contributed by atoms with E-state index in [1.165, 1.54) is 12.2 Å². The van der Waals surface area contributed by atoms with Crippen molar-refractivity contribution < 1.29 is 33.7 Å². The molecule has 1 heterocycles. The van der Waals surface area contributed by atoms with Gasteiger partial charge in [-0.3, -0.25) is 9.59 Å². The van der Waals surface area contributed by atoms with Crippen LogP contribution in [0.5, 0.6) is 0 Å². The van der Waals surface area contributed by atoms with Gasteiger partial charge in [-0.25, -0.2) is 4.39 Å². The summed E-state index contributed by atoms with van der Waals surface area (Å²) in [5.74, 6) is -1.38. The Hall–Kier alpha value is -1.41. The number of ether oxygens (including phenoxy) is 2. The summed E-state index contributed by atoms with van der Waals surface area (Å²) in [4.78, 5) is 24.7. The number of aliphatic hydroxyl groups is 2. The zero-order chi connectivity index (χ0) is 20.8. The maximum Gasteiger partial charge on any atom is 0.193 e. The number of allylic oxidation sites excluding steroid dienone is 4.